The van der Waals surface area contributed by atoms with E-state index in [1.165, 1.54) is 6.07 Å². The van der Waals surface area contributed by atoms with Gasteiger partial charge in [-0.3, -0.25) is 14.5 Å². The van der Waals surface area contributed by atoms with E-state index in [9.17, 15) is 27.2 Å². The molecular formula is C22H26ClF4N3O2. The van der Waals surface area contributed by atoms with Crippen molar-refractivity contribution in [3.63, 3.8) is 0 Å². The number of carbonyl (C=O) groups is 2. The maximum absolute atomic E-state index is 13.5. The maximum atomic E-state index is 13.5. The molecule has 1 aliphatic carbocycles. The lowest BCUT2D eigenvalue weighted by Crippen LogP contribution is -2.50. The number of rotatable bonds is 7. The Morgan fingerprint density at radius 1 is 1.12 bits per heavy atom. The first-order chi connectivity index (χ1) is 15.1. The van der Waals surface area contributed by atoms with Gasteiger partial charge < -0.3 is 10.6 Å². The van der Waals surface area contributed by atoms with Crippen LogP contribution in [-0.4, -0.2) is 53.6 Å². The number of halogens is 5. The van der Waals surface area contributed by atoms with Crippen molar-refractivity contribution in [2.75, 3.05) is 13.1 Å². The maximum Gasteiger partial charge on any atom is 0.411 e. The van der Waals surface area contributed by atoms with Crippen LogP contribution in [0.3, 0.4) is 0 Å². The predicted molar refractivity (Wildman–Crippen MR) is 111 cm³/mol. The zero-order valence-corrected chi connectivity index (χ0v) is 18.2. The van der Waals surface area contributed by atoms with Crippen molar-refractivity contribution in [2.45, 2.75) is 68.7 Å². The second-order valence-electron chi connectivity index (χ2n) is 9.21. The molecule has 0 aromatic heterocycles. The van der Waals surface area contributed by atoms with Gasteiger partial charge in [-0.25, -0.2) is 4.39 Å². The summed E-state index contributed by atoms with van der Waals surface area (Å²) in [6.45, 7) is 0.901. The smallest absolute Gasteiger partial charge is 0.352 e. The van der Waals surface area contributed by atoms with Crippen LogP contribution in [0, 0.1) is 11.7 Å². The zero-order chi connectivity index (χ0) is 23.1. The van der Waals surface area contributed by atoms with E-state index in [2.05, 4.69) is 15.5 Å². The number of carbonyl (C=O) groups excluding carboxylic acids is 2. The number of alkyl halides is 3. The van der Waals surface area contributed by atoms with E-state index in [1.54, 1.807) is 0 Å². The molecule has 1 saturated carbocycles. The van der Waals surface area contributed by atoms with Gasteiger partial charge in [0.05, 0.1) is 0 Å². The topological polar surface area (TPSA) is 61.4 Å². The molecule has 3 aliphatic rings. The summed E-state index contributed by atoms with van der Waals surface area (Å²) in [5.41, 5.74) is -1.84. The molecule has 4 rings (SSSR count). The number of benzene rings is 1. The molecule has 2 N–H and O–H groups in total. The summed E-state index contributed by atoms with van der Waals surface area (Å²) in [5, 5.41) is 5.20. The monoisotopic (exact) mass is 475 g/mol. The number of piperidine rings is 1. The van der Waals surface area contributed by atoms with Gasteiger partial charge >= 0.3 is 6.18 Å². The van der Waals surface area contributed by atoms with Crippen molar-refractivity contribution < 1.29 is 27.2 Å². The summed E-state index contributed by atoms with van der Waals surface area (Å²) in [5.74, 6) is -1.25. The Bertz CT molecular complexity index is 856. The molecule has 2 unspecified atom stereocenters. The van der Waals surface area contributed by atoms with Gasteiger partial charge in [0.1, 0.15) is 11.4 Å². The minimum atomic E-state index is -4.40. The molecule has 2 aliphatic heterocycles. The highest BCUT2D eigenvalue weighted by Crippen LogP contribution is 2.49. The molecule has 176 valence electrons. The van der Waals surface area contributed by atoms with Gasteiger partial charge in [-0.15, -0.1) is 0 Å². The average molecular weight is 476 g/mol. The van der Waals surface area contributed by atoms with Crippen molar-refractivity contribution in [1.29, 1.82) is 0 Å². The van der Waals surface area contributed by atoms with Gasteiger partial charge in [-0.1, -0.05) is 11.6 Å². The third-order valence-electron chi connectivity index (χ3n) is 6.93. The molecule has 2 saturated heterocycles. The molecule has 5 nitrogen and oxygen atoms in total. The Morgan fingerprint density at radius 3 is 2.34 bits per heavy atom. The number of nitrogens with zero attached hydrogens (tertiary/aromatic N) is 1. The molecule has 3 fully saturated rings. The molecule has 0 radical (unpaired) electrons. The van der Waals surface area contributed by atoms with Gasteiger partial charge in [0, 0.05) is 42.2 Å². The standard InChI is InChI=1S/C22H26ClF4N3O2/c23-15-9-14(10-16(24)11-15)20(32)28-12-13-7-17-1-2-18(8-13)30(17)6-3-19(31)29-21(4-5-21)22(25,26)27/h9-11,13,17-18H,1-8,12H2,(H,28,32)(H,29,31). The van der Waals surface area contributed by atoms with E-state index in [4.69, 9.17) is 11.6 Å². The van der Waals surface area contributed by atoms with Gasteiger partial charge in [0.2, 0.25) is 5.91 Å². The zero-order valence-electron chi connectivity index (χ0n) is 17.5. The largest absolute Gasteiger partial charge is 0.411 e. The number of amides is 2. The fourth-order valence-corrected chi connectivity index (χ4v) is 5.33. The number of fused-ring (bicyclic) bond motifs is 2. The molecule has 10 heteroatoms. The first-order valence-electron chi connectivity index (χ1n) is 10.9. The van der Waals surface area contributed by atoms with Crippen LogP contribution < -0.4 is 10.6 Å². The molecular weight excluding hydrogens is 450 g/mol. The van der Waals surface area contributed by atoms with E-state index < -0.39 is 23.4 Å². The van der Waals surface area contributed by atoms with E-state index in [0.717, 1.165) is 37.8 Å². The fraction of sp³-hybridized carbons (Fsp3) is 0.636. The summed E-state index contributed by atoms with van der Waals surface area (Å²) in [7, 11) is 0. The van der Waals surface area contributed by atoms with Gasteiger partial charge in [-0.05, 0) is 62.6 Å². The van der Waals surface area contributed by atoms with Gasteiger partial charge in [0.25, 0.3) is 5.91 Å². The van der Waals surface area contributed by atoms with Gasteiger partial charge in [0.15, 0.2) is 0 Å². The quantitative estimate of drug-likeness (QED) is 0.585. The van der Waals surface area contributed by atoms with Crippen LogP contribution in [0.25, 0.3) is 0 Å². The minimum Gasteiger partial charge on any atom is -0.352 e. The third kappa shape index (κ3) is 5.03. The number of hydrogen-bond donors (Lipinski definition) is 2. The Kier molecular flexibility index (Phi) is 6.42. The SMILES string of the molecule is O=C(CCN1C2CCC1CC(CNC(=O)c1cc(F)cc(Cl)c1)C2)NC1(C(F)(F)F)CC1. The van der Waals surface area contributed by atoms with E-state index in [1.807, 2.05) is 0 Å². The Hall–Kier alpha value is -1.87. The number of hydrogen-bond acceptors (Lipinski definition) is 3. The summed E-state index contributed by atoms with van der Waals surface area (Å²) in [4.78, 5) is 26.7. The van der Waals surface area contributed by atoms with Crippen LogP contribution in [-0.2, 0) is 4.79 Å². The van der Waals surface area contributed by atoms with Crippen molar-refractivity contribution in [3.8, 4) is 0 Å². The second kappa shape index (κ2) is 8.82. The van der Waals surface area contributed by atoms with Crippen LogP contribution >= 0.6 is 11.6 Å². The van der Waals surface area contributed by atoms with E-state index in [-0.39, 0.29) is 53.8 Å². The van der Waals surface area contributed by atoms with E-state index in [0.29, 0.717) is 13.1 Å². The van der Waals surface area contributed by atoms with Crippen LogP contribution in [0.1, 0.15) is 55.3 Å². The molecule has 1 aromatic carbocycles. The van der Waals surface area contributed by atoms with Crippen molar-refractivity contribution in [1.82, 2.24) is 15.5 Å². The molecule has 2 heterocycles. The Labute approximate surface area is 188 Å². The fourth-order valence-electron chi connectivity index (χ4n) is 5.11. The second-order valence-corrected chi connectivity index (χ2v) is 9.64. The molecule has 0 spiro atoms. The van der Waals surface area contributed by atoms with Crippen molar-refractivity contribution >= 4 is 23.4 Å². The lowest BCUT2D eigenvalue weighted by Gasteiger charge is -2.39. The first kappa shape index (κ1) is 23.3. The molecule has 2 bridgehead atoms. The van der Waals surface area contributed by atoms with Crippen molar-refractivity contribution in [2.24, 2.45) is 5.92 Å². The van der Waals surface area contributed by atoms with Crippen LogP contribution in [0.5, 0.6) is 0 Å². The summed E-state index contributed by atoms with van der Waals surface area (Å²) >= 11 is 5.81. The minimum absolute atomic E-state index is 0.0482. The highest BCUT2D eigenvalue weighted by molar-refractivity contribution is 6.31. The predicted octanol–water partition coefficient (Wildman–Crippen LogP) is 4.05. The highest BCUT2D eigenvalue weighted by atomic mass is 35.5. The van der Waals surface area contributed by atoms with Crippen LogP contribution in [0.4, 0.5) is 17.6 Å². The lowest BCUT2D eigenvalue weighted by molar-refractivity contribution is -0.170. The normalized spacial score (nSPS) is 26.6. The molecule has 2 amide bonds. The Balaban J connectivity index is 1.24. The third-order valence-corrected chi connectivity index (χ3v) is 7.14. The summed E-state index contributed by atoms with van der Waals surface area (Å²) < 4.78 is 52.5. The number of nitrogens with one attached hydrogen (secondary N) is 2. The summed E-state index contributed by atoms with van der Waals surface area (Å²) in [6, 6.07) is 4.21. The molecule has 2 atom stereocenters. The van der Waals surface area contributed by atoms with Crippen LogP contribution in [0.15, 0.2) is 18.2 Å². The summed E-state index contributed by atoms with van der Waals surface area (Å²) in [6.07, 6.45) is -0.818. The van der Waals surface area contributed by atoms with Crippen molar-refractivity contribution in [3.05, 3.63) is 34.6 Å². The molecule has 32 heavy (non-hydrogen) atoms. The Morgan fingerprint density at radius 2 is 1.78 bits per heavy atom. The van der Waals surface area contributed by atoms with E-state index >= 15 is 0 Å². The lowest BCUT2D eigenvalue weighted by atomic mass is 9.90. The van der Waals surface area contributed by atoms with Crippen LogP contribution in [0.2, 0.25) is 5.02 Å². The average Bonchev–Trinajstić information content (AvgIpc) is 3.44. The first-order valence-corrected chi connectivity index (χ1v) is 11.3. The highest BCUT2D eigenvalue weighted by Gasteiger charge is 2.64. The molecule has 1 aromatic rings. The van der Waals surface area contributed by atoms with Gasteiger partial charge in [-0.2, -0.15) is 13.2 Å².